The molecular formula is C18H20N2O5S2. The molecule has 144 valence electrons. The zero-order valence-electron chi connectivity index (χ0n) is 14.9. The van der Waals surface area contributed by atoms with Crippen LogP contribution in [-0.2, 0) is 19.8 Å². The maximum atomic E-state index is 13.0. The fraction of sp³-hybridized carbons (Fsp3) is 0.667. The summed E-state index contributed by atoms with van der Waals surface area (Å²) >= 11 is 2.92. The van der Waals surface area contributed by atoms with Crippen LogP contribution in [-0.4, -0.2) is 44.6 Å². The Balaban J connectivity index is 1.51. The third-order valence-corrected chi connectivity index (χ3v) is 9.84. The van der Waals surface area contributed by atoms with E-state index in [-0.39, 0.29) is 69.9 Å². The van der Waals surface area contributed by atoms with Crippen LogP contribution < -0.4 is 4.87 Å². The molecule has 3 fully saturated rings. The molecule has 3 heterocycles. The number of nitrogens with one attached hydrogen (secondary N) is 1. The van der Waals surface area contributed by atoms with E-state index >= 15 is 0 Å². The zero-order chi connectivity index (χ0) is 19.2. The van der Waals surface area contributed by atoms with Crippen molar-refractivity contribution in [3.05, 3.63) is 14.5 Å². The Morgan fingerprint density at radius 3 is 2.56 bits per heavy atom. The van der Waals surface area contributed by atoms with Gasteiger partial charge in [0.2, 0.25) is 11.8 Å². The first kappa shape index (κ1) is 17.5. The molecule has 2 aliphatic carbocycles. The van der Waals surface area contributed by atoms with Gasteiger partial charge in [-0.1, -0.05) is 25.2 Å². The van der Waals surface area contributed by atoms with Gasteiger partial charge in [0.05, 0.1) is 23.3 Å². The number of carboxylic acid groups (broad SMARTS) is 1. The van der Waals surface area contributed by atoms with E-state index in [4.69, 9.17) is 5.11 Å². The van der Waals surface area contributed by atoms with Crippen LogP contribution >= 0.6 is 23.1 Å². The van der Waals surface area contributed by atoms with Crippen molar-refractivity contribution in [1.82, 2.24) is 9.88 Å². The van der Waals surface area contributed by atoms with Gasteiger partial charge in [0.25, 0.3) is 0 Å². The van der Waals surface area contributed by atoms with Gasteiger partial charge in [-0.05, 0) is 24.2 Å². The number of aromatic amines is 1. The van der Waals surface area contributed by atoms with E-state index in [0.717, 1.165) is 16.3 Å². The van der Waals surface area contributed by atoms with E-state index in [1.165, 1.54) is 16.2 Å². The van der Waals surface area contributed by atoms with Gasteiger partial charge in [0.1, 0.15) is 0 Å². The third-order valence-electron chi connectivity index (χ3n) is 7.03. The Labute approximate surface area is 163 Å². The fourth-order valence-corrected chi connectivity index (χ4v) is 9.30. The molecule has 27 heavy (non-hydrogen) atoms. The number of aromatic nitrogens is 1. The number of hydrogen-bond donors (Lipinski definition) is 2. The monoisotopic (exact) mass is 408 g/mol. The molecule has 0 radical (unpaired) electrons. The molecule has 1 aromatic rings. The molecule has 2 N–H and O–H groups in total. The first-order valence-corrected chi connectivity index (χ1v) is 10.9. The minimum absolute atomic E-state index is 0.0357. The average Bonchev–Trinajstić information content (AvgIpc) is 3.28. The second-order valence-electron chi connectivity index (χ2n) is 8.59. The normalized spacial score (nSPS) is 38.1. The molecule has 2 saturated carbocycles. The summed E-state index contributed by atoms with van der Waals surface area (Å²) in [6.07, 6.45) is 0.655. The summed E-state index contributed by atoms with van der Waals surface area (Å²) in [5, 5.41) is 10.0. The van der Waals surface area contributed by atoms with Gasteiger partial charge in [0, 0.05) is 22.1 Å². The number of carbonyl (C=O) groups excluding carboxylic acids is 2. The van der Waals surface area contributed by atoms with Gasteiger partial charge in [0.15, 0.2) is 0 Å². The Bertz CT molecular complexity index is 934. The summed E-state index contributed by atoms with van der Waals surface area (Å²) in [5.74, 6) is -1.58. The molecule has 4 aliphatic rings. The molecule has 2 amide bonds. The summed E-state index contributed by atoms with van der Waals surface area (Å²) in [4.78, 5) is 53.8. The maximum absolute atomic E-state index is 13.0. The number of carboxylic acids is 1. The van der Waals surface area contributed by atoms with Crippen molar-refractivity contribution < 1.29 is 19.5 Å². The minimum atomic E-state index is -1.01. The number of nitrogens with zero attached hydrogens (tertiary/aromatic N) is 1. The van der Waals surface area contributed by atoms with Crippen molar-refractivity contribution in [2.75, 3.05) is 6.54 Å². The zero-order valence-corrected chi connectivity index (χ0v) is 16.6. The number of thioether (sulfide) groups is 1. The third kappa shape index (κ3) is 2.15. The molecule has 7 nitrogen and oxygen atoms in total. The van der Waals surface area contributed by atoms with Crippen LogP contribution in [0.5, 0.6) is 0 Å². The molecule has 9 heteroatoms. The smallest absolute Gasteiger partial charge is 0.305 e. The highest BCUT2D eigenvalue weighted by Gasteiger charge is 2.70. The molecule has 2 bridgehead atoms. The highest BCUT2D eigenvalue weighted by atomic mass is 32.2. The molecule has 6 atom stereocenters. The first-order valence-electron chi connectivity index (χ1n) is 9.19. The number of thiazole rings is 1. The fourth-order valence-electron chi connectivity index (χ4n) is 6.14. The van der Waals surface area contributed by atoms with E-state index in [1.54, 1.807) is 11.8 Å². The minimum Gasteiger partial charge on any atom is -0.481 e. The number of H-pyrrole nitrogens is 1. The lowest BCUT2D eigenvalue weighted by molar-refractivity contribution is -0.142. The number of aliphatic carboxylic acids is 1. The van der Waals surface area contributed by atoms with Gasteiger partial charge >= 0.3 is 10.8 Å². The van der Waals surface area contributed by atoms with E-state index < -0.39 is 5.97 Å². The topological polar surface area (TPSA) is 108 Å². The highest BCUT2D eigenvalue weighted by Crippen LogP contribution is 2.68. The number of hydrogen-bond acceptors (Lipinski definition) is 6. The Morgan fingerprint density at radius 2 is 1.89 bits per heavy atom. The molecule has 1 saturated heterocycles. The molecule has 5 rings (SSSR count). The number of fused-ring (bicyclic) bond motifs is 9. The van der Waals surface area contributed by atoms with Crippen LogP contribution in [0.25, 0.3) is 0 Å². The largest absolute Gasteiger partial charge is 0.481 e. The number of amides is 2. The number of rotatable bonds is 3. The van der Waals surface area contributed by atoms with Crippen molar-refractivity contribution in [1.29, 1.82) is 0 Å². The van der Waals surface area contributed by atoms with Crippen molar-refractivity contribution in [2.45, 2.75) is 42.4 Å². The molecule has 0 spiro atoms. The van der Waals surface area contributed by atoms with Crippen LogP contribution in [0, 0.1) is 29.6 Å². The van der Waals surface area contributed by atoms with Crippen LogP contribution in [0.2, 0.25) is 0 Å². The summed E-state index contributed by atoms with van der Waals surface area (Å²) in [7, 11) is 0. The van der Waals surface area contributed by atoms with E-state index in [2.05, 4.69) is 18.8 Å². The summed E-state index contributed by atoms with van der Waals surface area (Å²) < 4.78 is 0. The molecule has 1 aromatic heterocycles. The molecule has 0 aromatic carbocycles. The average molecular weight is 409 g/mol. The second-order valence-corrected chi connectivity index (χ2v) is 10.8. The lowest BCUT2D eigenvalue weighted by atomic mass is 9.64. The van der Waals surface area contributed by atoms with Gasteiger partial charge < -0.3 is 10.1 Å². The summed E-state index contributed by atoms with van der Waals surface area (Å²) in [6, 6.07) is 0. The van der Waals surface area contributed by atoms with Crippen LogP contribution in [0.3, 0.4) is 0 Å². The number of carbonyl (C=O) groups is 3. The van der Waals surface area contributed by atoms with Gasteiger partial charge in [-0.3, -0.25) is 24.1 Å². The predicted molar refractivity (Wildman–Crippen MR) is 98.7 cm³/mol. The van der Waals surface area contributed by atoms with Crippen molar-refractivity contribution >= 4 is 40.9 Å². The summed E-state index contributed by atoms with van der Waals surface area (Å²) in [6.45, 7) is 4.25. The van der Waals surface area contributed by atoms with Crippen molar-refractivity contribution in [3.8, 4) is 0 Å². The Hall–Kier alpha value is -1.61. The highest BCUT2D eigenvalue weighted by molar-refractivity contribution is 8.00. The first-order chi connectivity index (χ1) is 12.7. The van der Waals surface area contributed by atoms with Crippen LogP contribution in [0.1, 0.15) is 31.6 Å². The van der Waals surface area contributed by atoms with Crippen molar-refractivity contribution in [3.63, 3.8) is 0 Å². The maximum Gasteiger partial charge on any atom is 0.305 e. The SMILES string of the molecule is CC1(C)c2sc(=O)[nH]c2S[C@@H]2[C@H]3C[C@@H]([C@@H]4C(=O)N(CCC(=O)O)C(=O)[C@@H]34)[C@H]21. The molecular weight excluding hydrogens is 388 g/mol. The van der Waals surface area contributed by atoms with Gasteiger partial charge in [-0.25, -0.2) is 0 Å². The second kappa shape index (κ2) is 5.47. The van der Waals surface area contributed by atoms with Crippen LogP contribution in [0.15, 0.2) is 9.82 Å². The van der Waals surface area contributed by atoms with E-state index in [0.29, 0.717) is 0 Å². The lowest BCUT2D eigenvalue weighted by Crippen LogP contribution is -2.48. The van der Waals surface area contributed by atoms with Crippen molar-refractivity contribution in [2.24, 2.45) is 29.6 Å². The lowest BCUT2D eigenvalue weighted by Gasteiger charge is -2.47. The van der Waals surface area contributed by atoms with Gasteiger partial charge in [-0.15, -0.1) is 11.8 Å². The van der Waals surface area contributed by atoms with Crippen LogP contribution in [0.4, 0.5) is 0 Å². The quantitative estimate of drug-likeness (QED) is 0.735. The molecule has 0 unspecified atom stereocenters. The number of imide groups is 1. The predicted octanol–water partition coefficient (Wildman–Crippen LogP) is 1.53. The Kier molecular flexibility index (Phi) is 3.54. The van der Waals surface area contributed by atoms with E-state index in [1.807, 2.05) is 0 Å². The standard InChI is InChI=1S/C18H20N2O5S2/c1-18(2)11-6-5-7(12(11)26-14-13(18)27-17(25)19-14)10-9(6)15(23)20(16(10)24)4-3-8(21)22/h6-7,9-12H,3-5H2,1-2H3,(H,19,25)(H,21,22)/t6-,7-,9-,10-,11+,12+/m0/s1. The van der Waals surface area contributed by atoms with Gasteiger partial charge in [-0.2, -0.15) is 0 Å². The molecule has 2 aliphatic heterocycles. The number of likely N-dealkylation sites (tertiary alicyclic amines) is 1. The van der Waals surface area contributed by atoms with E-state index in [9.17, 15) is 19.2 Å². The Morgan fingerprint density at radius 1 is 1.22 bits per heavy atom. The summed E-state index contributed by atoms with van der Waals surface area (Å²) in [5.41, 5.74) is -0.225.